The van der Waals surface area contributed by atoms with Crippen LogP contribution < -0.4 is 4.74 Å². The Morgan fingerprint density at radius 2 is 2.05 bits per heavy atom. The molecule has 1 aromatic heterocycles. The Bertz CT molecular complexity index is 573. The quantitative estimate of drug-likeness (QED) is 0.821. The highest BCUT2D eigenvalue weighted by atomic mass is 16.7. The Kier molecular flexibility index (Phi) is 3.56. The fourth-order valence-corrected chi connectivity index (χ4v) is 1.50. The zero-order valence-corrected chi connectivity index (χ0v) is 10.1. The number of hydrogen-bond donors (Lipinski definition) is 2. The molecular weight excluding hydrogens is 252 g/mol. The molecule has 2 rings (SSSR count). The van der Waals surface area contributed by atoms with Crippen molar-refractivity contribution < 1.29 is 24.5 Å². The minimum atomic E-state index is -0.866. The molecule has 0 unspecified atom stereocenters. The van der Waals surface area contributed by atoms with Gasteiger partial charge in [0.2, 0.25) is 5.88 Å². The molecule has 1 heterocycles. The molecule has 0 aliphatic carbocycles. The molecule has 100 valence electrons. The lowest BCUT2D eigenvalue weighted by molar-refractivity contribution is 0.103. The third-order valence-corrected chi connectivity index (χ3v) is 2.26. The predicted molar refractivity (Wildman–Crippen MR) is 64.5 cm³/mol. The van der Waals surface area contributed by atoms with Crippen LogP contribution in [-0.4, -0.2) is 32.5 Å². The van der Waals surface area contributed by atoms with E-state index in [4.69, 9.17) is 4.74 Å². The highest BCUT2D eigenvalue weighted by molar-refractivity contribution is 5.63. The van der Waals surface area contributed by atoms with E-state index in [0.717, 1.165) is 0 Å². The topological polar surface area (TPSA) is 93.8 Å². The van der Waals surface area contributed by atoms with Crippen molar-refractivity contribution in [2.24, 2.45) is 0 Å². The Hall–Kier alpha value is -2.70. The Morgan fingerprint density at radius 1 is 1.37 bits per heavy atom. The summed E-state index contributed by atoms with van der Waals surface area (Å²) in [7, 11) is 0. The van der Waals surface area contributed by atoms with Crippen LogP contribution in [0.25, 0.3) is 5.69 Å². The summed E-state index contributed by atoms with van der Waals surface area (Å²) in [6.45, 7) is 1.85. The normalized spacial score (nSPS) is 10.2. The minimum Gasteiger partial charge on any atom is -0.506 e. The van der Waals surface area contributed by atoms with Crippen LogP contribution in [0, 0.1) is 0 Å². The SMILES string of the molecule is CCOC(=O)Oc1cn(-c2c(O)cccc2O)cn1. The number of benzene rings is 1. The van der Waals surface area contributed by atoms with E-state index >= 15 is 0 Å². The smallest absolute Gasteiger partial charge is 0.506 e. The molecular formula is C12H12N2O5. The van der Waals surface area contributed by atoms with E-state index in [2.05, 4.69) is 9.72 Å². The number of aromatic nitrogens is 2. The summed E-state index contributed by atoms with van der Waals surface area (Å²) in [5, 5.41) is 19.4. The number of aromatic hydroxyl groups is 2. The van der Waals surface area contributed by atoms with E-state index in [1.807, 2.05) is 0 Å². The first-order chi connectivity index (χ1) is 9.11. The van der Waals surface area contributed by atoms with E-state index in [9.17, 15) is 15.0 Å². The summed E-state index contributed by atoms with van der Waals surface area (Å²) in [6.07, 6.45) is 1.77. The molecule has 7 heteroatoms. The zero-order chi connectivity index (χ0) is 13.8. The van der Waals surface area contributed by atoms with E-state index in [-0.39, 0.29) is 29.7 Å². The predicted octanol–water partition coefficient (Wildman–Crippen LogP) is 1.82. The van der Waals surface area contributed by atoms with Gasteiger partial charge in [0.25, 0.3) is 0 Å². The van der Waals surface area contributed by atoms with Crippen LogP contribution in [0.15, 0.2) is 30.7 Å². The summed E-state index contributed by atoms with van der Waals surface area (Å²) in [5.74, 6) is -0.249. The number of hydrogen-bond acceptors (Lipinski definition) is 6. The maximum absolute atomic E-state index is 11.1. The number of carbonyl (C=O) groups excluding carboxylic acids is 1. The van der Waals surface area contributed by atoms with Gasteiger partial charge in [0.1, 0.15) is 23.5 Å². The number of nitrogens with zero attached hydrogens (tertiary/aromatic N) is 2. The fourth-order valence-electron chi connectivity index (χ4n) is 1.50. The average molecular weight is 264 g/mol. The molecule has 0 fully saturated rings. The van der Waals surface area contributed by atoms with E-state index in [0.29, 0.717) is 0 Å². The Balaban J connectivity index is 2.24. The van der Waals surface area contributed by atoms with E-state index < -0.39 is 6.16 Å². The average Bonchev–Trinajstić information content (AvgIpc) is 2.77. The highest BCUT2D eigenvalue weighted by Crippen LogP contribution is 2.31. The number of carbonyl (C=O) groups is 1. The van der Waals surface area contributed by atoms with Gasteiger partial charge in [-0.3, -0.25) is 4.57 Å². The van der Waals surface area contributed by atoms with Crippen molar-refractivity contribution in [2.45, 2.75) is 6.92 Å². The second-order valence-electron chi connectivity index (χ2n) is 3.55. The standard InChI is InChI=1S/C12H12N2O5/c1-2-18-12(17)19-10-6-14(7-13-10)11-8(15)4-3-5-9(11)16/h3-7,15-16H,2H2,1H3. The molecule has 0 saturated heterocycles. The van der Waals surface area contributed by atoms with E-state index in [1.54, 1.807) is 6.92 Å². The maximum Gasteiger partial charge on any atom is 0.515 e. The fraction of sp³-hybridized carbons (Fsp3) is 0.167. The van der Waals surface area contributed by atoms with Gasteiger partial charge in [-0.25, -0.2) is 9.78 Å². The van der Waals surface area contributed by atoms with E-state index in [1.165, 1.54) is 35.3 Å². The van der Waals surface area contributed by atoms with Crippen molar-refractivity contribution in [1.29, 1.82) is 0 Å². The first-order valence-electron chi connectivity index (χ1n) is 5.51. The molecule has 0 amide bonds. The van der Waals surface area contributed by atoms with Gasteiger partial charge in [0.15, 0.2) is 0 Å². The van der Waals surface area contributed by atoms with Crippen LogP contribution in [0.5, 0.6) is 17.4 Å². The van der Waals surface area contributed by atoms with Crippen LogP contribution in [0.1, 0.15) is 6.92 Å². The van der Waals surface area contributed by atoms with Gasteiger partial charge < -0.3 is 19.7 Å². The minimum absolute atomic E-state index is 0.00102. The van der Waals surface area contributed by atoms with Gasteiger partial charge in [-0.15, -0.1) is 0 Å². The summed E-state index contributed by atoms with van der Waals surface area (Å²) >= 11 is 0. The van der Waals surface area contributed by atoms with Crippen molar-refractivity contribution >= 4 is 6.16 Å². The first kappa shape index (κ1) is 12.7. The Labute approximate surface area is 108 Å². The lowest BCUT2D eigenvalue weighted by Crippen LogP contribution is -2.10. The van der Waals surface area contributed by atoms with Gasteiger partial charge in [0, 0.05) is 0 Å². The largest absolute Gasteiger partial charge is 0.515 e. The summed E-state index contributed by atoms with van der Waals surface area (Å²) in [6, 6.07) is 4.34. The van der Waals surface area contributed by atoms with Gasteiger partial charge in [0.05, 0.1) is 12.8 Å². The van der Waals surface area contributed by atoms with Gasteiger partial charge >= 0.3 is 6.16 Å². The van der Waals surface area contributed by atoms with Crippen molar-refractivity contribution in [2.75, 3.05) is 6.61 Å². The number of rotatable bonds is 3. The molecule has 0 radical (unpaired) electrons. The molecule has 2 N–H and O–H groups in total. The third-order valence-electron chi connectivity index (χ3n) is 2.26. The molecule has 0 bridgehead atoms. The van der Waals surface area contributed by atoms with Gasteiger partial charge in [-0.2, -0.15) is 0 Å². The number of ether oxygens (including phenoxy) is 2. The van der Waals surface area contributed by atoms with Crippen LogP contribution in [0.2, 0.25) is 0 Å². The molecule has 0 aliphatic heterocycles. The van der Waals surface area contributed by atoms with Crippen LogP contribution in [-0.2, 0) is 4.74 Å². The van der Waals surface area contributed by atoms with Crippen LogP contribution in [0.4, 0.5) is 4.79 Å². The van der Waals surface area contributed by atoms with Crippen molar-refractivity contribution in [3.8, 4) is 23.1 Å². The molecule has 1 aromatic carbocycles. The van der Waals surface area contributed by atoms with Crippen LogP contribution in [0.3, 0.4) is 0 Å². The third kappa shape index (κ3) is 2.76. The zero-order valence-electron chi connectivity index (χ0n) is 10.1. The molecule has 19 heavy (non-hydrogen) atoms. The molecule has 0 atom stereocenters. The van der Waals surface area contributed by atoms with Crippen molar-refractivity contribution in [1.82, 2.24) is 9.55 Å². The lowest BCUT2D eigenvalue weighted by atomic mass is 10.2. The second-order valence-corrected chi connectivity index (χ2v) is 3.55. The number of phenolic OH excluding ortho intramolecular Hbond substituents is 2. The molecule has 0 saturated carbocycles. The van der Waals surface area contributed by atoms with Gasteiger partial charge in [-0.05, 0) is 19.1 Å². The Morgan fingerprint density at radius 3 is 2.68 bits per heavy atom. The first-order valence-corrected chi connectivity index (χ1v) is 5.51. The number of imidazole rings is 1. The molecule has 0 spiro atoms. The molecule has 7 nitrogen and oxygen atoms in total. The summed E-state index contributed by atoms with van der Waals surface area (Å²) in [4.78, 5) is 14.9. The van der Waals surface area contributed by atoms with Crippen LogP contribution >= 0.6 is 0 Å². The number of para-hydroxylation sites is 1. The second kappa shape index (κ2) is 5.30. The molecule has 2 aromatic rings. The maximum atomic E-state index is 11.1. The molecule has 0 aliphatic rings. The summed E-state index contributed by atoms with van der Waals surface area (Å²) < 4.78 is 10.7. The van der Waals surface area contributed by atoms with Crippen molar-refractivity contribution in [3.05, 3.63) is 30.7 Å². The van der Waals surface area contributed by atoms with Crippen molar-refractivity contribution in [3.63, 3.8) is 0 Å². The number of phenols is 2. The lowest BCUT2D eigenvalue weighted by Gasteiger charge is -2.06. The monoisotopic (exact) mass is 264 g/mol. The highest BCUT2D eigenvalue weighted by Gasteiger charge is 2.13. The summed E-state index contributed by atoms with van der Waals surface area (Å²) in [5.41, 5.74) is 0.147. The van der Waals surface area contributed by atoms with Gasteiger partial charge in [-0.1, -0.05) is 6.07 Å².